The van der Waals surface area contributed by atoms with Crippen molar-refractivity contribution in [3.8, 4) is 0 Å². The van der Waals surface area contributed by atoms with Crippen molar-refractivity contribution < 1.29 is 0 Å². The molecule has 1 aliphatic rings. The van der Waals surface area contributed by atoms with E-state index in [-0.39, 0.29) is 6.04 Å². The van der Waals surface area contributed by atoms with E-state index in [0.717, 1.165) is 5.13 Å². The van der Waals surface area contributed by atoms with Crippen LogP contribution < -0.4 is 10.6 Å². The van der Waals surface area contributed by atoms with E-state index in [1.165, 1.54) is 30.6 Å². The van der Waals surface area contributed by atoms with Gasteiger partial charge in [0.05, 0.1) is 0 Å². The summed E-state index contributed by atoms with van der Waals surface area (Å²) in [5.74, 6) is 0. The highest BCUT2D eigenvalue weighted by atomic mass is 32.1. The van der Waals surface area contributed by atoms with Gasteiger partial charge in [-0.3, -0.25) is 0 Å². The monoisotopic (exact) mass is 225 g/mol. The van der Waals surface area contributed by atoms with Gasteiger partial charge in [0.2, 0.25) is 0 Å². The van der Waals surface area contributed by atoms with Gasteiger partial charge >= 0.3 is 0 Å². The molecule has 3 nitrogen and oxygen atoms in total. The predicted octanol–water partition coefficient (Wildman–Crippen LogP) is 2.54. The van der Waals surface area contributed by atoms with Crippen LogP contribution >= 0.6 is 11.3 Å². The normalized spacial score (nSPS) is 19.4. The van der Waals surface area contributed by atoms with Crippen LogP contribution in [0.3, 0.4) is 0 Å². The maximum atomic E-state index is 5.83. The van der Waals surface area contributed by atoms with Gasteiger partial charge in [-0.05, 0) is 19.8 Å². The minimum absolute atomic E-state index is 0.105. The molecule has 0 aliphatic heterocycles. The van der Waals surface area contributed by atoms with E-state index in [4.69, 9.17) is 5.73 Å². The zero-order valence-corrected chi connectivity index (χ0v) is 10.3. The zero-order chi connectivity index (χ0) is 10.8. The molecule has 1 aromatic heterocycles. The van der Waals surface area contributed by atoms with Crippen molar-refractivity contribution in [2.24, 2.45) is 5.73 Å². The Balaban J connectivity index is 2.07. The van der Waals surface area contributed by atoms with E-state index >= 15 is 0 Å². The molecule has 1 atom stereocenters. The van der Waals surface area contributed by atoms with E-state index < -0.39 is 0 Å². The Bertz CT molecular complexity index is 315. The van der Waals surface area contributed by atoms with Crippen LogP contribution in [0.25, 0.3) is 0 Å². The summed E-state index contributed by atoms with van der Waals surface area (Å²) in [6.45, 7) is 2.01. The maximum Gasteiger partial charge on any atom is 0.185 e. The molecule has 0 radical (unpaired) electrons. The highest BCUT2D eigenvalue weighted by Crippen LogP contribution is 2.31. The first-order chi connectivity index (χ1) is 7.18. The lowest BCUT2D eigenvalue weighted by Gasteiger charge is -2.23. The van der Waals surface area contributed by atoms with Crippen LogP contribution in [0.2, 0.25) is 0 Å². The number of rotatable bonds is 3. The summed E-state index contributed by atoms with van der Waals surface area (Å²) in [6.07, 6.45) is 7.25. The molecule has 84 valence electrons. The Morgan fingerprint density at radius 1 is 1.53 bits per heavy atom. The average Bonchev–Trinajstić information content (AvgIpc) is 2.88. The van der Waals surface area contributed by atoms with Crippen molar-refractivity contribution in [1.29, 1.82) is 0 Å². The predicted molar refractivity (Wildman–Crippen MR) is 65.4 cm³/mol. The number of nitrogens with two attached hydrogens (primary N) is 1. The molecule has 1 fully saturated rings. The fourth-order valence-corrected chi connectivity index (χ4v) is 3.00. The summed E-state index contributed by atoms with van der Waals surface area (Å²) in [5, 5.41) is 1.12. The highest BCUT2D eigenvalue weighted by molar-refractivity contribution is 7.15. The Morgan fingerprint density at radius 3 is 2.73 bits per heavy atom. The quantitative estimate of drug-likeness (QED) is 0.859. The molecule has 1 aromatic rings. The fraction of sp³-hybridized carbons (Fsp3) is 0.727. The minimum atomic E-state index is 0.105. The van der Waals surface area contributed by atoms with Crippen molar-refractivity contribution in [1.82, 2.24) is 4.98 Å². The van der Waals surface area contributed by atoms with Crippen LogP contribution in [0.15, 0.2) is 6.20 Å². The third-order valence-electron chi connectivity index (χ3n) is 3.13. The molecule has 2 N–H and O–H groups in total. The fourth-order valence-electron chi connectivity index (χ4n) is 2.10. The van der Waals surface area contributed by atoms with Crippen LogP contribution in [0.4, 0.5) is 5.13 Å². The zero-order valence-electron chi connectivity index (χ0n) is 9.44. The van der Waals surface area contributed by atoms with E-state index in [2.05, 4.69) is 16.9 Å². The molecule has 4 heteroatoms. The van der Waals surface area contributed by atoms with Gasteiger partial charge in [-0.15, -0.1) is 11.3 Å². The first kappa shape index (κ1) is 10.9. The number of thiazole rings is 1. The molecule has 1 unspecified atom stereocenters. The van der Waals surface area contributed by atoms with Crippen LogP contribution in [0.5, 0.6) is 0 Å². The number of anilines is 1. The summed E-state index contributed by atoms with van der Waals surface area (Å²) in [4.78, 5) is 7.95. The van der Waals surface area contributed by atoms with Gasteiger partial charge in [-0.1, -0.05) is 12.8 Å². The van der Waals surface area contributed by atoms with Gasteiger partial charge in [0, 0.05) is 30.2 Å². The lowest BCUT2D eigenvalue weighted by Crippen LogP contribution is -2.28. The third kappa shape index (κ3) is 2.32. The molecule has 0 aromatic carbocycles. The number of aromatic nitrogens is 1. The molecule has 1 heterocycles. The van der Waals surface area contributed by atoms with Crippen molar-refractivity contribution >= 4 is 16.5 Å². The number of hydrogen-bond acceptors (Lipinski definition) is 4. The second-order valence-electron chi connectivity index (χ2n) is 4.38. The Kier molecular flexibility index (Phi) is 3.26. The molecule has 2 rings (SSSR count). The van der Waals surface area contributed by atoms with E-state index in [0.29, 0.717) is 6.04 Å². The third-order valence-corrected chi connectivity index (χ3v) is 4.42. The lowest BCUT2D eigenvalue weighted by molar-refractivity contribution is 0.651. The number of hydrogen-bond donors (Lipinski definition) is 1. The molecule has 0 bridgehead atoms. The largest absolute Gasteiger partial charge is 0.348 e. The van der Waals surface area contributed by atoms with E-state index in [1.807, 2.05) is 13.1 Å². The van der Waals surface area contributed by atoms with Gasteiger partial charge in [-0.25, -0.2) is 4.98 Å². The Labute approximate surface area is 95.3 Å². The molecule has 0 amide bonds. The van der Waals surface area contributed by atoms with Crippen LogP contribution in [-0.4, -0.2) is 18.1 Å². The first-order valence-electron chi connectivity index (χ1n) is 5.62. The first-order valence-corrected chi connectivity index (χ1v) is 6.44. The topological polar surface area (TPSA) is 42.1 Å². The van der Waals surface area contributed by atoms with Gasteiger partial charge < -0.3 is 10.6 Å². The Hall–Kier alpha value is -0.610. The highest BCUT2D eigenvalue weighted by Gasteiger charge is 2.21. The molecule has 0 saturated heterocycles. The van der Waals surface area contributed by atoms with Gasteiger partial charge in [0.1, 0.15) is 0 Å². The molecule has 15 heavy (non-hydrogen) atoms. The Morgan fingerprint density at radius 2 is 2.20 bits per heavy atom. The summed E-state index contributed by atoms with van der Waals surface area (Å²) < 4.78 is 0. The van der Waals surface area contributed by atoms with Gasteiger partial charge in [0.25, 0.3) is 0 Å². The molecule has 0 spiro atoms. The van der Waals surface area contributed by atoms with Crippen molar-refractivity contribution in [2.45, 2.75) is 44.7 Å². The average molecular weight is 225 g/mol. The second-order valence-corrected chi connectivity index (χ2v) is 5.42. The van der Waals surface area contributed by atoms with Crippen molar-refractivity contribution in [3.63, 3.8) is 0 Å². The smallest absolute Gasteiger partial charge is 0.185 e. The molecule has 1 aliphatic carbocycles. The van der Waals surface area contributed by atoms with Crippen LogP contribution in [0, 0.1) is 0 Å². The standard InChI is InChI=1S/C11H19N3S/c1-8(12)10-7-13-11(15-10)14(2)9-5-3-4-6-9/h7-9H,3-6,12H2,1-2H3. The summed E-state index contributed by atoms with van der Waals surface area (Å²) in [5.41, 5.74) is 5.83. The van der Waals surface area contributed by atoms with E-state index in [1.54, 1.807) is 11.3 Å². The van der Waals surface area contributed by atoms with E-state index in [9.17, 15) is 0 Å². The van der Waals surface area contributed by atoms with Crippen LogP contribution in [-0.2, 0) is 0 Å². The summed E-state index contributed by atoms with van der Waals surface area (Å²) >= 11 is 1.73. The van der Waals surface area contributed by atoms with Gasteiger partial charge in [-0.2, -0.15) is 0 Å². The van der Waals surface area contributed by atoms with Crippen molar-refractivity contribution in [3.05, 3.63) is 11.1 Å². The second kappa shape index (κ2) is 4.49. The van der Waals surface area contributed by atoms with Crippen LogP contribution in [0.1, 0.15) is 43.5 Å². The minimum Gasteiger partial charge on any atom is -0.348 e. The summed E-state index contributed by atoms with van der Waals surface area (Å²) in [7, 11) is 2.15. The summed E-state index contributed by atoms with van der Waals surface area (Å²) in [6, 6.07) is 0.797. The number of nitrogens with zero attached hydrogens (tertiary/aromatic N) is 2. The molecule has 1 saturated carbocycles. The SMILES string of the molecule is CC(N)c1cnc(N(C)C2CCCC2)s1. The maximum absolute atomic E-state index is 5.83. The lowest BCUT2D eigenvalue weighted by atomic mass is 10.2. The van der Waals surface area contributed by atoms with Crippen molar-refractivity contribution in [2.75, 3.05) is 11.9 Å². The van der Waals surface area contributed by atoms with Gasteiger partial charge in [0.15, 0.2) is 5.13 Å². The molecular formula is C11H19N3S. The molecular weight excluding hydrogens is 206 g/mol.